The highest BCUT2D eigenvalue weighted by atomic mass is 16.5. The Hall–Kier alpha value is -2.28. The van der Waals surface area contributed by atoms with Crippen molar-refractivity contribution >= 4 is 11.9 Å². The molecule has 0 radical (unpaired) electrons. The van der Waals surface area contributed by atoms with E-state index in [0.29, 0.717) is 18.7 Å². The zero-order valence-corrected chi connectivity index (χ0v) is 16.3. The lowest BCUT2D eigenvalue weighted by atomic mass is 9.76. The van der Waals surface area contributed by atoms with Gasteiger partial charge >= 0.3 is 5.97 Å². The van der Waals surface area contributed by atoms with Crippen LogP contribution >= 0.6 is 0 Å². The van der Waals surface area contributed by atoms with Crippen molar-refractivity contribution < 1.29 is 24.5 Å². The van der Waals surface area contributed by atoms with Crippen molar-refractivity contribution in [2.24, 2.45) is 11.3 Å². The highest BCUT2D eigenvalue weighted by Gasteiger charge is 2.49. The molecule has 0 aromatic heterocycles. The fourth-order valence-electron chi connectivity index (χ4n) is 4.76. The Morgan fingerprint density at radius 3 is 2.57 bits per heavy atom. The Morgan fingerprint density at radius 2 is 1.96 bits per heavy atom. The predicted molar refractivity (Wildman–Crippen MR) is 102 cm³/mol. The summed E-state index contributed by atoms with van der Waals surface area (Å²) in [6.45, 7) is 2.70. The maximum absolute atomic E-state index is 12.3. The van der Waals surface area contributed by atoms with E-state index < -0.39 is 12.0 Å². The van der Waals surface area contributed by atoms with Crippen LogP contribution < -0.4 is 4.74 Å². The summed E-state index contributed by atoms with van der Waals surface area (Å²) in [6, 6.07) is 4.62. The summed E-state index contributed by atoms with van der Waals surface area (Å²) in [5, 5.41) is 19.6. The van der Waals surface area contributed by atoms with E-state index in [4.69, 9.17) is 4.74 Å². The third kappa shape index (κ3) is 3.68. The zero-order valence-electron chi connectivity index (χ0n) is 16.3. The summed E-state index contributed by atoms with van der Waals surface area (Å²) >= 11 is 0. The molecule has 2 N–H and O–H groups in total. The van der Waals surface area contributed by atoms with Crippen LogP contribution in [-0.4, -0.2) is 64.7 Å². The first-order valence-corrected chi connectivity index (χ1v) is 10.0. The molecule has 1 aliphatic carbocycles. The fourth-order valence-corrected chi connectivity index (χ4v) is 4.76. The zero-order chi connectivity index (χ0) is 19.9. The van der Waals surface area contributed by atoms with E-state index in [0.717, 1.165) is 50.9 Å². The number of methoxy groups -OCH3 is 1. The normalized spacial score (nSPS) is 24.5. The highest BCUT2D eigenvalue weighted by molar-refractivity contribution is 5.81. The molecule has 1 saturated carbocycles. The van der Waals surface area contributed by atoms with Gasteiger partial charge in [0.1, 0.15) is 6.04 Å². The van der Waals surface area contributed by atoms with Crippen LogP contribution in [0.5, 0.6) is 11.5 Å². The van der Waals surface area contributed by atoms with Gasteiger partial charge in [-0.1, -0.05) is 6.07 Å². The van der Waals surface area contributed by atoms with Gasteiger partial charge in [-0.05, 0) is 55.2 Å². The van der Waals surface area contributed by atoms with Crippen LogP contribution in [0.2, 0.25) is 0 Å². The first-order valence-electron chi connectivity index (χ1n) is 10.0. The van der Waals surface area contributed by atoms with Crippen LogP contribution in [0.15, 0.2) is 18.2 Å². The molecule has 1 aromatic rings. The summed E-state index contributed by atoms with van der Waals surface area (Å²) in [4.78, 5) is 28.2. The van der Waals surface area contributed by atoms with Crippen LogP contribution in [-0.2, 0) is 16.1 Å². The van der Waals surface area contributed by atoms with Crippen LogP contribution in [0.4, 0.5) is 0 Å². The maximum Gasteiger partial charge on any atom is 0.320 e. The van der Waals surface area contributed by atoms with Gasteiger partial charge in [0.25, 0.3) is 0 Å². The Kier molecular flexibility index (Phi) is 4.95. The number of phenols is 1. The summed E-state index contributed by atoms with van der Waals surface area (Å²) in [5.74, 6) is 0.206. The molecule has 1 atom stereocenters. The number of piperidine rings is 1. The van der Waals surface area contributed by atoms with E-state index in [1.165, 1.54) is 7.11 Å². The number of benzene rings is 1. The minimum absolute atomic E-state index is 0.0373. The molecule has 1 aromatic carbocycles. The van der Waals surface area contributed by atoms with Gasteiger partial charge in [0.15, 0.2) is 11.5 Å². The fraction of sp³-hybridized carbons (Fsp3) is 0.619. The van der Waals surface area contributed by atoms with Gasteiger partial charge in [-0.25, -0.2) is 0 Å². The van der Waals surface area contributed by atoms with E-state index in [-0.39, 0.29) is 23.0 Å². The third-order valence-electron chi connectivity index (χ3n) is 6.58. The number of phenolic OH excluding ortho intramolecular Hbond substituents is 1. The van der Waals surface area contributed by atoms with Gasteiger partial charge in [-0.3, -0.25) is 14.5 Å². The quantitative estimate of drug-likeness (QED) is 0.803. The van der Waals surface area contributed by atoms with Gasteiger partial charge in [-0.15, -0.1) is 0 Å². The standard InChI is InChI=1S/C21H28N2O5/c1-28-18-10-14(2-5-17(18)24)12-23-13-21(11-16(23)20(26)27)6-8-22(9-7-21)19(25)15-3-4-15/h2,5,10,15-16,24H,3-4,6-9,11-13H2,1H3,(H,26,27)/t16-/m1/s1. The smallest absolute Gasteiger partial charge is 0.320 e. The number of nitrogens with zero attached hydrogens (tertiary/aromatic N) is 2. The number of carbonyl (C=O) groups excluding carboxylic acids is 1. The molecule has 28 heavy (non-hydrogen) atoms. The number of hydrogen-bond acceptors (Lipinski definition) is 5. The molecule has 1 amide bonds. The van der Waals surface area contributed by atoms with Crippen LogP contribution in [0.25, 0.3) is 0 Å². The van der Waals surface area contributed by atoms with Gasteiger partial charge in [0.2, 0.25) is 5.91 Å². The average Bonchev–Trinajstić information content (AvgIpc) is 3.47. The topological polar surface area (TPSA) is 90.3 Å². The molecule has 3 aliphatic rings. The van der Waals surface area contributed by atoms with Gasteiger partial charge in [-0.2, -0.15) is 0 Å². The first kappa shape index (κ1) is 19.1. The number of hydrogen-bond donors (Lipinski definition) is 2. The van der Waals surface area contributed by atoms with Gasteiger partial charge in [0.05, 0.1) is 7.11 Å². The van der Waals surface area contributed by atoms with Crippen molar-refractivity contribution in [1.29, 1.82) is 0 Å². The van der Waals surface area contributed by atoms with Gasteiger partial charge < -0.3 is 19.8 Å². The number of aliphatic carboxylic acids is 1. The largest absolute Gasteiger partial charge is 0.504 e. The monoisotopic (exact) mass is 388 g/mol. The van der Waals surface area contributed by atoms with Crippen molar-refractivity contribution in [3.8, 4) is 11.5 Å². The minimum atomic E-state index is -0.792. The Morgan fingerprint density at radius 1 is 1.25 bits per heavy atom. The van der Waals surface area contributed by atoms with Crippen molar-refractivity contribution in [2.45, 2.75) is 44.7 Å². The van der Waals surface area contributed by atoms with E-state index in [2.05, 4.69) is 0 Å². The summed E-state index contributed by atoms with van der Waals surface area (Å²) in [6.07, 6.45) is 4.40. The lowest BCUT2D eigenvalue weighted by Gasteiger charge is -2.39. The Balaban J connectivity index is 1.45. The number of amides is 1. The number of carboxylic acid groups (broad SMARTS) is 1. The number of rotatable bonds is 5. The molecule has 7 heteroatoms. The molecule has 2 aliphatic heterocycles. The van der Waals surface area contributed by atoms with Crippen molar-refractivity contribution in [2.75, 3.05) is 26.7 Å². The molecule has 152 valence electrons. The number of ether oxygens (including phenoxy) is 1. The SMILES string of the molecule is COc1cc(CN2CC3(CCN(C(=O)C4CC4)CC3)C[C@@H]2C(=O)O)ccc1O. The molecular formula is C21H28N2O5. The third-order valence-corrected chi connectivity index (χ3v) is 6.58. The van der Waals surface area contributed by atoms with Gasteiger partial charge in [0, 0.05) is 32.1 Å². The van der Waals surface area contributed by atoms with Crippen LogP contribution in [0, 0.1) is 11.3 Å². The second-order valence-corrected chi connectivity index (χ2v) is 8.57. The molecule has 2 heterocycles. The predicted octanol–water partition coefficient (Wildman–Crippen LogP) is 2.08. The second-order valence-electron chi connectivity index (χ2n) is 8.57. The average molecular weight is 388 g/mol. The number of aromatic hydroxyl groups is 1. The van der Waals surface area contributed by atoms with Crippen LogP contribution in [0.1, 0.15) is 37.7 Å². The van der Waals surface area contributed by atoms with E-state index >= 15 is 0 Å². The molecule has 0 bridgehead atoms. The van der Waals surface area contributed by atoms with E-state index in [1.807, 2.05) is 9.80 Å². The number of carboxylic acids is 1. The Labute approximate surface area is 164 Å². The maximum atomic E-state index is 12.3. The molecule has 3 fully saturated rings. The first-order chi connectivity index (χ1) is 13.4. The molecule has 0 unspecified atom stereocenters. The summed E-state index contributed by atoms with van der Waals surface area (Å²) in [7, 11) is 1.50. The lowest BCUT2D eigenvalue weighted by Crippen LogP contribution is -2.44. The number of carbonyl (C=O) groups is 2. The molecule has 7 nitrogen and oxygen atoms in total. The Bertz CT molecular complexity index is 768. The van der Waals surface area contributed by atoms with Crippen molar-refractivity contribution in [3.05, 3.63) is 23.8 Å². The lowest BCUT2D eigenvalue weighted by molar-refractivity contribution is -0.142. The highest BCUT2D eigenvalue weighted by Crippen LogP contribution is 2.45. The minimum Gasteiger partial charge on any atom is -0.504 e. The molecular weight excluding hydrogens is 360 g/mol. The second kappa shape index (κ2) is 7.28. The van der Waals surface area contributed by atoms with E-state index in [1.54, 1.807) is 18.2 Å². The summed E-state index contributed by atoms with van der Waals surface area (Å²) < 4.78 is 5.17. The molecule has 1 spiro atoms. The number of likely N-dealkylation sites (tertiary alicyclic amines) is 2. The molecule has 4 rings (SSSR count). The summed E-state index contributed by atoms with van der Waals surface area (Å²) in [5.41, 5.74) is 0.879. The van der Waals surface area contributed by atoms with Crippen LogP contribution in [0.3, 0.4) is 0 Å². The van der Waals surface area contributed by atoms with Crippen molar-refractivity contribution in [3.63, 3.8) is 0 Å². The molecule has 2 saturated heterocycles. The van der Waals surface area contributed by atoms with E-state index in [9.17, 15) is 19.8 Å². The van der Waals surface area contributed by atoms with Crippen molar-refractivity contribution in [1.82, 2.24) is 9.80 Å².